The summed E-state index contributed by atoms with van der Waals surface area (Å²) < 4.78 is 5.36. The molecule has 6 heteroatoms. The van der Waals surface area contributed by atoms with Crippen LogP contribution in [0.1, 0.15) is 23.6 Å². The van der Waals surface area contributed by atoms with Crippen LogP contribution in [0.15, 0.2) is 35.7 Å². The summed E-state index contributed by atoms with van der Waals surface area (Å²) in [4.78, 5) is 19.3. The Morgan fingerprint density at radius 3 is 2.88 bits per heavy atom. The molecule has 2 fully saturated rings. The molecular formula is C18H21N3O2S. The third-order valence-electron chi connectivity index (χ3n) is 4.63. The molecule has 2 heterocycles. The van der Waals surface area contributed by atoms with Crippen molar-refractivity contribution in [1.82, 2.24) is 9.88 Å². The fourth-order valence-corrected chi connectivity index (χ4v) is 3.88. The van der Waals surface area contributed by atoms with Crippen LogP contribution in [0.2, 0.25) is 0 Å². The van der Waals surface area contributed by atoms with Gasteiger partial charge in [-0.2, -0.15) is 0 Å². The molecule has 24 heavy (non-hydrogen) atoms. The molecule has 0 bridgehead atoms. The molecule has 0 radical (unpaired) electrons. The van der Waals surface area contributed by atoms with Gasteiger partial charge in [0.15, 0.2) is 5.13 Å². The number of morpholine rings is 1. The Morgan fingerprint density at radius 2 is 2.08 bits per heavy atom. The molecule has 1 saturated heterocycles. The fraction of sp³-hybridized carbons (Fsp3) is 0.444. The van der Waals surface area contributed by atoms with Crippen molar-refractivity contribution >= 4 is 22.4 Å². The van der Waals surface area contributed by atoms with Gasteiger partial charge in [0.2, 0.25) is 5.91 Å². The monoisotopic (exact) mass is 343 g/mol. The molecule has 2 aliphatic rings. The van der Waals surface area contributed by atoms with Gasteiger partial charge in [0, 0.05) is 30.9 Å². The maximum atomic E-state index is 12.4. The SMILES string of the molecule is O=C(Nc1nc(CN2CCOCC2)cs1)C1CC1c1ccccc1. The molecule has 0 spiro atoms. The zero-order valence-electron chi connectivity index (χ0n) is 13.5. The van der Waals surface area contributed by atoms with Gasteiger partial charge in [-0.3, -0.25) is 9.69 Å². The van der Waals surface area contributed by atoms with Crippen LogP contribution in [0.5, 0.6) is 0 Å². The van der Waals surface area contributed by atoms with E-state index < -0.39 is 0 Å². The molecule has 1 aromatic heterocycles. The van der Waals surface area contributed by atoms with Gasteiger partial charge in [-0.25, -0.2) is 4.98 Å². The number of thiazole rings is 1. The van der Waals surface area contributed by atoms with Crippen LogP contribution >= 0.6 is 11.3 Å². The summed E-state index contributed by atoms with van der Waals surface area (Å²) in [5, 5.41) is 5.73. The highest BCUT2D eigenvalue weighted by molar-refractivity contribution is 7.13. The lowest BCUT2D eigenvalue weighted by atomic mass is 10.1. The van der Waals surface area contributed by atoms with Gasteiger partial charge in [0.25, 0.3) is 0 Å². The lowest BCUT2D eigenvalue weighted by molar-refractivity contribution is -0.117. The van der Waals surface area contributed by atoms with Crippen LogP contribution in [0.3, 0.4) is 0 Å². The third-order valence-corrected chi connectivity index (χ3v) is 5.43. The minimum absolute atomic E-state index is 0.0824. The average molecular weight is 343 g/mol. The number of carbonyl (C=O) groups is 1. The van der Waals surface area contributed by atoms with E-state index >= 15 is 0 Å². The second-order valence-electron chi connectivity index (χ2n) is 6.38. The summed E-state index contributed by atoms with van der Waals surface area (Å²) in [5.41, 5.74) is 2.28. The number of benzene rings is 1. The Morgan fingerprint density at radius 1 is 1.29 bits per heavy atom. The minimum Gasteiger partial charge on any atom is -0.379 e. The zero-order chi connectivity index (χ0) is 16.4. The van der Waals surface area contributed by atoms with E-state index in [1.54, 1.807) is 0 Å². The first-order valence-corrected chi connectivity index (χ1v) is 9.28. The van der Waals surface area contributed by atoms with Crippen molar-refractivity contribution in [3.05, 3.63) is 47.0 Å². The van der Waals surface area contributed by atoms with E-state index in [1.165, 1.54) is 16.9 Å². The highest BCUT2D eigenvalue weighted by Crippen LogP contribution is 2.47. The van der Waals surface area contributed by atoms with Gasteiger partial charge in [0.1, 0.15) is 0 Å². The summed E-state index contributed by atoms with van der Waals surface area (Å²) >= 11 is 1.51. The Bertz CT molecular complexity index is 697. The van der Waals surface area contributed by atoms with Crippen LogP contribution < -0.4 is 5.32 Å². The van der Waals surface area contributed by atoms with Crippen molar-refractivity contribution in [1.29, 1.82) is 0 Å². The summed E-state index contributed by atoms with van der Waals surface area (Å²) in [6.07, 6.45) is 0.932. The predicted molar refractivity (Wildman–Crippen MR) is 94.1 cm³/mol. The molecule has 1 N–H and O–H groups in total. The molecule has 1 aliphatic heterocycles. The van der Waals surface area contributed by atoms with Crippen molar-refractivity contribution < 1.29 is 9.53 Å². The van der Waals surface area contributed by atoms with Gasteiger partial charge in [-0.05, 0) is 17.9 Å². The number of rotatable bonds is 5. The van der Waals surface area contributed by atoms with Crippen LogP contribution in [0.25, 0.3) is 0 Å². The van der Waals surface area contributed by atoms with Gasteiger partial charge in [0.05, 0.1) is 18.9 Å². The second-order valence-corrected chi connectivity index (χ2v) is 7.24. The van der Waals surface area contributed by atoms with E-state index in [0.29, 0.717) is 11.0 Å². The maximum absolute atomic E-state index is 12.4. The standard InChI is InChI=1S/C18H21N3O2S/c22-17(16-10-15(16)13-4-2-1-3-5-13)20-18-19-14(12-24-18)11-21-6-8-23-9-7-21/h1-5,12,15-16H,6-11H2,(H,19,20,22). The van der Waals surface area contributed by atoms with E-state index in [1.807, 2.05) is 23.6 Å². The normalized spacial score (nSPS) is 23.8. The van der Waals surface area contributed by atoms with Crippen molar-refractivity contribution in [2.24, 2.45) is 5.92 Å². The minimum atomic E-state index is 0.0824. The Balaban J connectivity index is 1.30. The molecule has 1 saturated carbocycles. The van der Waals surface area contributed by atoms with Crippen LogP contribution in [-0.2, 0) is 16.1 Å². The fourth-order valence-electron chi connectivity index (χ4n) is 3.18. The van der Waals surface area contributed by atoms with Crippen molar-refractivity contribution in [3.63, 3.8) is 0 Å². The van der Waals surface area contributed by atoms with E-state index in [4.69, 9.17) is 4.74 Å². The average Bonchev–Trinajstić information content (AvgIpc) is 3.32. The smallest absolute Gasteiger partial charge is 0.229 e. The molecule has 2 atom stereocenters. The van der Waals surface area contributed by atoms with Crippen molar-refractivity contribution in [2.75, 3.05) is 31.6 Å². The van der Waals surface area contributed by atoms with E-state index in [-0.39, 0.29) is 11.8 Å². The Hall–Kier alpha value is -1.76. The summed E-state index contributed by atoms with van der Waals surface area (Å²) in [6.45, 7) is 4.29. The van der Waals surface area contributed by atoms with Crippen LogP contribution in [0, 0.1) is 5.92 Å². The first kappa shape index (κ1) is 15.7. The molecule has 1 aromatic carbocycles. The highest BCUT2D eigenvalue weighted by atomic mass is 32.1. The summed E-state index contributed by atoms with van der Waals surface area (Å²) in [7, 11) is 0. The molecule has 1 aliphatic carbocycles. The maximum Gasteiger partial charge on any atom is 0.229 e. The number of aromatic nitrogens is 1. The second kappa shape index (κ2) is 7.01. The number of carbonyl (C=O) groups excluding carboxylic acids is 1. The molecule has 5 nitrogen and oxygen atoms in total. The summed E-state index contributed by atoms with van der Waals surface area (Å²) in [5.74, 6) is 0.536. The third kappa shape index (κ3) is 3.66. The number of nitrogens with one attached hydrogen (secondary N) is 1. The lowest BCUT2D eigenvalue weighted by Crippen LogP contribution is -2.35. The molecule has 2 unspecified atom stereocenters. The number of hydrogen-bond acceptors (Lipinski definition) is 5. The number of ether oxygens (including phenoxy) is 1. The molecule has 2 aromatic rings. The first-order chi connectivity index (χ1) is 11.8. The summed E-state index contributed by atoms with van der Waals surface area (Å²) in [6, 6.07) is 10.3. The van der Waals surface area contributed by atoms with E-state index in [2.05, 4.69) is 27.3 Å². The molecule has 1 amide bonds. The molecular weight excluding hydrogens is 322 g/mol. The Kier molecular flexibility index (Phi) is 4.60. The van der Waals surface area contributed by atoms with Crippen LogP contribution in [-0.4, -0.2) is 42.1 Å². The van der Waals surface area contributed by atoms with Crippen LogP contribution in [0.4, 0.5) is 5.13 Å². The first-order valence-electron chi connectivity index (χ1n) is 8.40. The number of amides is 1. The van der Waals surface area contributed by atoms with Crippen molar-refractivity contribution in [3.8, 4) is 0 Å². The molecule has 126 valence electrons. The van der Waals surface area contributed by atoms with E-state index in [9.17, 15) is 4.79 Å². The van der Waals surface area contributed by atoms with Gasteiger partial charge in [-0.15, -0.1) is 11.3 Å². The largest absolute Gasteiger partial charge is 0.379 e. The highest BCUT2D eigenvalue weighted by Gasteiger charge is 2.44. The van der Waals surface area contributed by atoms with Crippen molar-refractivity contribution in [2.45, 2.75) is 18.9 Å². The topological polar surface area (TPSA) is 54.5 Å². The molecule has 4 rings (SSSR count). The number of nitrogens with zero attached hydrogens (tertiary/aromatic N) is 2. The van der Waals surface area contributed by atoms with Gasteiger partial charge < -0.3 is 10.1 Å². The zero-order valence-corrected chi connectivity index (χ0v) is 14.3. The Labute approximate surface area is 145 Å². The lowest BCUT2D eigenvalue weighted by Gasteiger charge is -2.25. The quantitative estimate of drug-likeness (QED) is 0.907. The number of hydrogen-bond donors (Lipinski definition) is 1. The van der Waals surface area contributed by atoms with Gasteiger partial charge in [-0.1, -0.05) is 30.3 Å². The number of anilines is 1. The van der Waals surface area contributed by atoms with E-state index in [0.717, 1.165) is 45.0 Å². The van der Waals surface area contributed by atoms with Gasteiger partial charge >= 0.3 is 0 Å². The predicted octanol–water partition coefficient (Wildman–Crippen LogP) is 2.72.